The second-order valence-electron chi connectivity index (χ2n) is 3.68. The molecule has 9 heteroatoms. The summed E-state index contributed by atoms with van der Waals surface area (Å²) in [5, 5.41) is 35.4. The smallest absolute Gasteiger partial charge is 0.169 e. The monoisotopic (exact) mass is 260 g/mol. The SMILES string of the molecule is N=Cc1npn([C@@H]2O[C@H](CO)[C@@H](O)[C@H]2O)c1N. The summed E-state index contributed by atoms with van der Waals surface area (Å²) in [5.74, 6) is 0.205. The quantitative estimate of drug-likeness (QED) is 0.426. The molecule has 1 fully saturated rings. The van der Waals surface area contributed by atoms with Crippen LogP contribution in [0.3, 0.4) is 0 Å². The summed E-state index contributed by atoms with van der Waals surface area (Å²) < 4.78 is 10.7. The molecule has 0 aliphatic carbocycles. The maximum absolute atomic E-state index is 9.79. The molecule has 94 valence electrons. The molecule has 0 bridgehead atoms. The fourth-order valence-corrected chi connectivity index (χ4v) is 2.53. The highest BCUT2D eigenvalue weighted by Gasteiger charge is 2.44. The highest BCUT2D eigenvalue weighted by Crippen LogP contribution is 2.34. The van der Waals surface area contributed by atoms with Crippen LogP contribution in [-0.4, -0.2) is 55.5 Å². The minimum Gasteiger partial charge on any atom is -0.394 e. The zero-order valence-corrected chi connectivity index (χ0v) is 9.66. The topological polar surface area (TPSA) is 138 Å². The van der Waals surface area contributed by atoms with Gasteiger partial charge in [0.05, 0.1) is 6.61 Å². The van der Waals surface area contributed by atoms with Crippen LogP contribution < -0.4 is 5.73 Å². The van der Waals surface area contributed by atoms with Crippen molar-refractivity contribution in [3.63, 3.8) is 0 Å². The Labute approximate surface area is 98.4 Å². The van der Waals surface area contributed by atoms with E-state index in [1.807, 2.05) is 0 Å². The zero-order chi connectivity index (χ0) is 12.6. The maximum atomic E-state index is 9.79. The lowest BCUT2D eigenvalue weighted by atomic mass is 10.1. The van der Waals surface area contributed by atoms with E-state index in [2.05, 4.69) is 4.75 Å². The van der Waals surface area contributed by atoms with E-state index in [0.29, 0.717) is 14.2 Å². The molecule has 8 nitrogen and oxygen atoms in total. The number of rotatable bonds is 3. The number of aliphatic hydroxyl groups is 3. The first-order valence-electron chi connectivity index (χ1n) is 4.93. The van der Waals surface area contributed by atoms with Crippen molar-refractivity contribution in [1.29, 1.82) is 5.41 Å². The van der Waals surface area contributed by atoms with Crippen molar-refractivity contribution in [3.8, 4) is 0 Å². The Balaban J connectivity index is 2.28. The summed E-state index contributed by atoms with van der Waals surface area (Å²) in [6.07, 6.45) is -3.06. The molecule has 0 aromatic carbocycles. The molecule has 0 radical (unpaired) electrons. The average molecular weight is 260 g/mol. The van der Waals surface area contributed by atoms with Gasteiger partial charge in [-0.25, -0.2) is 4.75 Å². The number of ether oxygens (including phenoxy) is 1. The molecule has 0 saturated carbocycles. The Morgan fingerprint density at radius 2 is 2.24 bits per heavy atom. The van der Waals surface area contributed by atoms with Crippen LogP contribution in [0.4, 0.5) is 5.82 Å². The van der Waals surface area contributed by atoms with Gasteiger partial charge in [-0.05, 0) is 0 Å². The van der Waals surface area contributed by atoms with Gasteiger partial charge >= 0.3 is 0 Å². The summed E-state index contributed by atoms with van der Waals surface area (Å²) in [6.45, 7) is -0.391. The van der Waals surface area contributed by atoms with E-state index < -0.39 is 31.1 Å². The molecule has 1 aromatic rings. The number of nitrogens with one attached hydrogen (secondary N) is 1. The predicted octanol–water partition coefficient (Wildman–Crippen LogP) is -1.35. The Bertz CT molecular complexity index is 426. The van der Waals surface area contributed by atoms with Crippen molar-refractivity contribution in [1.82, 2.24) is 9.08 Å². The summed E-state index contributed by atoms with van der Waals surface area (Å²) >= 11 is 0. The lowest BCUT2D eigenvalue weighted by Crippen LogP contribution is -2.33. The molecule has 0 amide bonds. The van der Waals surface area contributed by atoms with Crippen LogP contribution in [0, 0.1) is 5.41 Å². The third-order valence-electron chi connectivity index (χ3n) is 2.65. The van der Waals surface area contributed by atoms with Crippen molar-refractivity contribution in [2.45, 2.75) is 24.5 Å². The molecule has 17 heavy (non-hydrogen) atoms. The standard InChI is InChI=1S/C8H13N4O4P/c9-1-3-7(10)12(17-11-3)8-6(15)5(14)4(2-13)16-8/h1,4-6,8-9,13-15H,2,10H2/t4-,5-,6-,8-/m1/s1. The van der Waals surface area contributed by atoms with Crippen molar-refractivity contribution >= 4 is 20.5 Å². The van der Waals surface area contributed by atoms with E-state index in [0.717, 1.165) is 6.21 Å². The number of nitrogen functional groups attached to an aromatic ring is 1. The van der Waals surface area contributed by atoms with Crippen LogP contribution in [0.25, 0.3) is 0 Å². The maximum Gasteiger partial charge on any atom is 0.169 e. The molecule has 1 aromatic heterocycles. The van der Waals surface area contributed by atoms with E-state index in [-0.39, 0.29) is 5.82 Å². The van der Waals surface area contributed by atoms with E-state index in [9.17, 15) is 10.2 Å². The first-order valence-corrected chi connectivity index (χ1v) is 5.73. The van der Waals surface area contributed by atoms with Gasteiger partial charge in [0.15, 0.2) is 6.23 Å². The van der Waals surface area contributed by atoms with E-state index in [1.165, 1.54) is 4.33 Å². The Hall–Kier alpha value is -1.05. The molecule has 6 N–H and O–H groups in total. The second kappa shape index (κ2) is 4.67. The lowest BCUT2D eigenvalue weighted by molar-refractivity contribution is -0.0468. The normalized spacial score (nSPS) is 33.4. The molecule has 4 atom stereocenters. The van der Waals surface area contributed by atoms with Gasteiger partial charge in [0.2, 0.25) is 0 Å². The average Bonchev–Trinajstić information content (AvgIpc) is 2.82. The number of nitrogens with zero attached hydrogens (tertiary/aromatic N) is 2. The van der Waals surface area contributed by atoms with Crippen LogP contribution in [0.1, 0.15) is 11.9 Å². The van der Waals surface area contributed by atoms with Gasteiger partial charge in [-0.15, -0.1) is 0 Å². The van der Waals surface area contributed by atoms with E-state index in [4.69, 9.17) is 21.0 Å². The first kappa shape index (κ1) is 12.4. The summed E-state index contributed by atoms with van der Waals surface area (Å²) in [7, 11) is 0.414. The number of anilines is 1. The highest BCUT2D eigenvalue weighted by molar-refractivity contribution is 7.21. The second-order valence-corrected chi connectivity index (χ2v) is 4.49. The summed E-state index contributed by atoms with van der Waals surface area (Å²) in [4.78, 5) is 0. The highest BCUT2D eigenvalue weighted by atomic mass is 31.1. The molecule has 0 spiro atoms. The molecule has 2 rings (SSSR count). The minimum atomic E-state index is -1.18. The van der Waals surface area contributed by atoms with Gasteiger partial charge in [-0.3, -0.25) is 4.33 Å². The van der Waals surface area contributed by atoms with Gasteiger partial charge in [0.1, 0.15) is 38.3 Å². The lowest BCUT2D eigenvalue weighted by Gasteiger charge is -2.16. The van der Waals surface area contributed by atoms with Gasteiger partial charge in [-0.1, -0.05) is 0 Å². The van der Waals surface area contributed by atoms with Crippen molar-refractivity contribution < 1.29 is 20.1 Å². The molecule has 0 unspecified atom stereocenters. The minimum absolute atomic E-state index is 0.205. The van der Waals surface area contributed by atoms with Crippen LogP contribution in [0.15, 0.2) is 0 Å². The first-order chi connectivity index (χ1) is 8.10. The summed E-state index contributed by atoms with van der Waals surface area (Å²) in [5.41, 5.74) is 6.02. The number of hydrogen-bond donors (Lipinski definition) is 5. The number of nitrogens with two attached hydrogens (primary N) is 1. The Kier molecular flexibility index (Phi) is 3.41. The number of aliphatic hydroxyl groups excluding tert-OH is 3. The zero-order valence-electron chi connectivity index (χ0n) is 8.76. The third-order valence-corrected chi connectivity index (χ3v) is 3.59. The summed E-state index contributed by atoms with van der Waals surface area (Å²) in [6, 6.07) is 0. The third kappa shape index (κ3) is 1.94. The van der Waals surface area contributed by atoms with Gasteiger partial charge in [0.25, 0.3) is 0 Å². The van der Waals surface area contributed by atoms with Crippen LogP contribution in [0.2, 0.25) is 0 Å². The van der Waals surface area contributed by atoms with Crippen LogP contribution in [-0.2, 0) is 4.74 Å². The molecule has 1 saturated heterocycles. The molecular weight excluding hydrogens is 247 g/mol. The molecule has 1 aliphatic rings. The molecular formula is C8H13N4O4P. The van der Waals surface area contributed by atoms with Gasteiger partial charge in [-0.2, -0.15) is 0 Å². The van der Waals surface area contributed by atoms with E-state index in [1.54, 1.807) is 0 Å². The van der Waals surface area contributed by atoms with Gasteiger partial charge in [0, 0.05) is 6.21 Å². The Morgan fingerprint density at radius 1 is 1.53 bits per heavy atom. The van der Waals surface area contributed by atoms with Crippen molar-refractivity contribution in [3.05, 3.63) is 5.69 Å². The molecule has 1 aliphatic heterocycles. The number of aromatic nitrogens is 2. The Morgan fingerprint density at radius 3 is 2.71 bits per heavy atom. The van der Waals surface area contributed by atoms with Crippen molar-refractivity contribution in [2.75, 3.05) is 12.3 Å². The molecule has 2 heterocycles. The predicted molar refractivity (Wildman–Crippen MR) is 60.0 cm³/mol. The fraction of sp³-hybridized carbons (Fsp3) is 0.625. The number of hydrogen-bond acceptors (Lipinski definition) is 7. The van der Waals surface area contributed by atoms with Crippen LogP contribution >= 0.6 is 8.51 Å². The van der Waals surface area contributed by atoms with E-state index >= 15 is 0 Å². The van der Waals surface area contributed by atoms with Crippen molar-refractivity contribution in [2.24, 2.45) is 0 Å². The largest absolute Gasteiger partial charge is 0.394 e. The fourth-order valence-electron chi connectivity index (χ4n) is 1.69. The van der Waals surface area contributed by atoms with Gasteiger partial charge < -0.3 is 31.2 Å². The van der Waals surface area contributed by atoms with Crippen LogP contribution in [0.5, 0.6) is 0 Å².